The fourth-order valence-corrected chi connectivity index (χ4v) is 3.42. The molecule has 0 aliphatic carbocycles. The van der Waals surface area contributed by atoms with Gasteiger partial charge in [0.2, 0.25) is 5.91 Å². The topological polar surface area (TPSA) is 78.8 Å². The molecule has 2 atom stereocenters. The van der Waals surface area contributed by atoms with Crippen LogP contribution in [-0.2, 0) is 9.53 Å². The van der Waals surface area contributed by atoms with Gasteiger partial charge in [0.1, 0.15) is 17.7 Å². The van der Waals surface area contributed by atoms with E-state index < -0.39 is 0 Å². The van der Waals surface area contributed by atoms with Crippen molar-refractivity contribution in [3.05, 3.63) is 59.5 Å². The van der Waals surface area contributed by atoms with E-state index in [1.807, 2.05) is 26.0 Å². The zero-order chi connectivity index (χ0) is 21.5. The first-order chi connectivity index (χ1) is 14.4. The number of guanidine groups is 1. The van der Waals surface area contributed by atoms with Crippen molar-refractivity contribution in [2.45, 2.75) is 32.5 Å². The lowest BCUT2D eigenvalue weighted by Gasteiger charge is -2.38. The van der Waals surface area contributed by atoms with E-state index in [0.717, 1.165) is 11.3 Å². The number of hydrogen-bond donors (Lipinski definition) is 2. The van der Waals surface area contributed by atoms with Gasteiger partial charge in [-0.2, -0.15) is 0 Å². The van der Waals surface area contributed by atoms with E-state index in [9.17, 15) is 9.18 Å². The molecular weight excluding hydrogens is 385 g/mol. The molecule has 0 saturated carbocycles. The number of carbonyl (C=O) groups is 1. The Balaban J connectivity index is 1.53. The summed E-state index contributed by atoms with van der Waals surface area (Å²) >= 11 is 0. The number of nitrogens with one attached hydrogen (secondary N) is 2. The minimum Gasteiger partial charge on any atom is -0.367 e. The number of nitrogens with zero attached hydrogens (tertiary/aromatic N) is 3. The fourth-order valence-electron chi connectivity index (χ4n) is 3.42. The number of hydrogen-bond acceptors (Lipinski definition) is 4. The molecule has 2 aromatic rings. The number of amides is 1. The molecule has 1 amide bonds. The van der Waals surface area contributed by atoms with Crippen LogP contribution in [0.15, 0.2) is 47.5 Å². The third-order valence-electron chi connectivity index (χ3n) is 4.80. The van der Waals surface area contributed by atoms with Gasteiger partial charge in [-0.05, 0) is 43.7 Å². The van der Waals surface area contributed by atoms with E-state index >= 15 is 0 Å². The standard InChI is InChI=1S/C22H28FN5O2/c1-15-5-4-6-20(26-15)27-21(29)11-12-25-22(24-3)28-13-16(2)30-19(14-28)17-7-9-18(23)10-8-17/h4-10,16,19H,11-14H2,1-3H3,(H,24,25)(H,26,27,29). The van der Waals surface area contributed by atoms with Gasteiger partial charge in [0.25, 0.3) is 0 Å². The maximum atomic E-state index is 13.2. The predicted octanol–water partition coefficient (Wildman–Crippen LogP) is 2.90. The van der Waals surface area contributed by atoms with Crippen LogP contribution in [-0.4, -0.2) is 54.5 Å². The first-order valence-electron chi connectivity index (χ1n) is 10.0. The van der Waals surface area contributed by atoms with Gasteiger partial charge in [-0.25, -0.2) is 9.37 Å². The van der Waals surface area contributed by atoms with Crippen molar-refractivity contribution < 1.29 is 13.9 Å². The first-order valence-corrected chi connectivity index (χ1v) is 10.0. The number of aromatic nitrogens is 1. The highest BCUT2D eigenvalue weighted by Crippen LogP contribution is 2.25. The van der Waals surface area contributed by atoms with Crippen LogP contribution in [0.25, 0.3) is 0 Å². The molecule has 160 valence electrons. The summed E-state index contributed by atoms with van der Waals surface area (Å²) in [5.74, 6) is 0.874. The Morgan fingerprint density at radius 2 is 2.03 bits per heavy atom. The molecule has 3 rings (SSSR count). The van der Waals surface area contributed by atoms with Crippen LogP contribution in [0.1, 0.15) is 30.7 Å². The minimum atomic E-state index is -0.268. The molecule has 8 heteroatoms. The van der Waals surface area contributed by atoms with Gasteiger partial charge in [-0.15, -0.1) is 0 Å². The molecule has 1 aromatic carbocycles. The largest absolute Gasteiger partial charge is 0.367 e. The SMILES string of the molecule is CN=C(NCCC(=O)Nc1cccc(C)n1)N1CC(C)OC(c2ccc(F)cc2)C1. The second kappa shape index (κ2) is 10.2. The van der Waals surface area contributed by atoms with Crippen LogP contribution in [0.5, 0.6) is 0 Å². The van der Waals surface area contributed by atoms with Crippen LogP contribution in [0.3, 0.4) is 0 Å². The Labute approximate surface area is 176 Å². The molecule has 0 radical (unpaired) electrons. The van der Waals surface area contributed by atoms with Gasteiger partial charge in [0, 0.05) is 32.3 Å². The second-order valence-corrected chi connectivity index (χ2v) is 7.33. The molecule has 1 aliphatic heterocycles. The normalized spacial score (nSPS) is 19.5. The number of aliphatic imine (C=N–C) groups is 1. The molecule has 30 heavy (non-hydrogen) atoms. The summed E-state index contributed by atoms with van der Waals surface area (Å²) in [7, 11) is 1.71. The molecule has 1 aromatic heterocycles. The predicted molar refractivity (Wildman–Crippen MR) is 115 cm³/mol. The van der Waals surface area contributed by atoms with E-state index in [1.54, 1.807) is 25.2 Å². The van der Waals surface area contributed by atoms with E-state index in [1.165, 1.54) is 12.1 Å². The van der Waals surface area contributed by atoms with Crippen molar-refractivity contribution in [2.75, 3.05) is 32.0 Å². The smallest absolute Gasteiger partial charge is 0.227 e. The van der Waals surface area contributed by atoms with E-state index in [2.05, 4.69) is 25.5 Å². The van der Waals surface area contributed by atoms with Crippen LogP contribution in [0, 0.1) is 12.7 Å². The highest BCUT2D eigenvalue weighted by atomic mass is 19.1. The van der Waals surface area contributed by atoms with Crippen molar-refractivity contribution in [1.82, 2.24) is 15.2 Å². The average molecular weight is 413 g/mol. The van der Waals surface area contributed by atoms with Crippen LogP contribution in [0.4, 0.5) is 10.2 Å². The van der Waals surface area contributed by atoms with Crippen molar-refractivity contribution in [2.24, 2.45) is 4.99 Å². The Morgan fingerprint density at radius 3 is 2.73 bits per heavy atom. The van der Waals surface area contributed by atoms with Gasteiger partial charge in [-0.3, -0.25) is 9.79 Å². The number of aryl methyl sites for hydroxylation is 1. The number of pyridine rings is 1. The summed E-state index contributed by atoms with van der Waals surface area (Å²) < 4.78 is 19.3. The summed E-state index contributed by atoms with van der Waals surface area (Å²) in [5.41, 5.74) is 1.77. The van der Waals surface area contributed by atoms with Gasteiger partial charge in [-0.1, -0.05) is 18.2 Å². The van der Waals surface area contributed by atoms with Crippen molar-refractivity contribution >= 4 is 17.7 Å². The zero-order valence-corrected chi connectivity index (χ0v) is 17.6. The first kappa shape index (κ1) is 21.7. The molecule has 1 saturated heterocycles. The quantitative estimate of drug-likeness (QED) is 0.582. The maximum absolute atomic E-state index is 13.2. The maximum Gasteiger partial charge on any atom is 0.227 e. The fraction of sp³-hybridized carbons (Fsp3) is 0.409. The Bertz CT molecular complexity index is 887. The molecule has 0 bridgehead atoms. The number of rotatable bonds is 5. The Kier molecular flexibility index (Phi) is 7.35. The number of benzene rings is 1. The Morgan fingerprint density at radius 1 is 1.27 bits per heavy atom. The van der Waals surface area contributed by atoms with Crippen molar-refractivity contribution in [3.8, 4) is 0 Å². The molecule has 0 spiro atoms. The third-order valence-corrected chi connectivity index (χ3v) is 4.80. The monoisotopic (exact) mass is 413 g/mol. The molecule has 7 nitrogen and oxygen atoms in total. The van der Waals surface area contributed by atoms with Gasteiger partial charge >= 0.3 is 0 Å². The number of anilines is 1. The summed E-state index contributed by atoms with van der Waals surface area (Å²) in [6.45, 7) is 5.59. The van der Waals surface area contributed by atoms with Crippen molar-refractivity contribution in [3.63, 3.8) is 0 Å². The molecule has 1 fully saturated rings. The second-order valence-electron chi connectivity index (χ2n) is 7.33. The number of morpholine rings is 1. The van der Waals surface area contributed by atoms with E-state index in [4.69, 9.17) is 4.74 Å². The molecule has 2 N–H and O–H groups in total. The number of ether oxygens (including phenoxy) is 1. The minimum absolute atomic E-state index is 0.0111. The van der Waals surface area contributed by atoms with Gasteiger partial charge < -0.3 is 20.3 Å². The lowest BCUT2D eigenvalue weighted by atomic mass is 10.1. The van der Waals surface area contributed by atoms with E-state index in [-0.39, 0.29) is 30.4 Å². The van der Waals surface area contributed by atoms with E-state index in [0.29, 0.717) is 31.4 Å². The van der Waals surface area contributed by atoms with Gasteiger partial charge in [0.15, 0.2) is 5.96 Å². The van der Waals surface area contributed by atoms with Crippen LogP contribution < -0.4 is 10.6 Å². The third kappa shape index (κ3) is 6.00. The van der Waals surface area contributed by atoms with Crippen LogP contribution >= 0.6 is 0 Å². The molecule has 2 unspecified atom stereocenters. The summed E-state index contributed by atoms with van der Waals surface area (Å²) in [5, 5.41) is 6.05. The number of halogens is 1. The number of carbonyl (C=O) groups excluding carboxylic acids is 1. The van der Waals surface area contributed by atoms with Gasteiger partial charge in [0.05, 0.1) is 12.6 Å². The lowest BCUT2D eigenvalue weighted by molar-refractivity contribution is -0.116. The average Bonchev–Trinajstić information content (AvgIpc) is 2.71. The zero-order valence-electron chi connectivity index (χ0n) is 17.6. The molecule has 2 heterocycles. The lowest BCUT2D eigenvalue weighted by Crippen LogP contribution is -2.51. The highest BCUT2D eigenvalue weighted by molar-refractivity contribution is 5.90. The van der Waals surface area contributed by atoms with Crippen LogP contribution in [0.2, 0.25) is 0 Å². The Hall–Kier alpha value is -3.00. The summed E-state index contributed by atoms with van der Waals surface area (Å²) in [6, 6.07) is 11.9. The highest BCUT2D eigenvalue weighted by Gasteiger charge is 2.28. The van der Waals surface area contributed by atoms with Crippen molar-refractivity contribution in [1.29, 1.82) is 0 Å². The molecular formula is C22H28FN5O2. The molecule has 1 aliphatic rings. The summed E-state index contributed by atoms with van der Waals surface area (Å²) in [6.07, 6.45) is 0.0993. The summed E-state index contributed by atoms with van der Waals surface area (Å²) in [4.78, 5) is 22.9.